The zero-order chi connectivity index (χ0) is 12.5. The predicted molar refractivity (Wildman–Crippen MR) is 64.7 cm³/mol. The first-order chi connectivity index (χ1) is 8.79. The molecule has 0 saturated carbocycles. The van der Waals surface area contributed by atoms with Gasteiger partial charge < -0.3 is 9.30 Å². The van der Waals surface area contributed by atoms with Crippen molar-refractivity contribution in [3.8, 4) is 5.75 Å². The highest BCUT2D eigenvalue weighted by atomic mass is 16.5. The lowest BCUT2D eigenvalue weighted by molar-refractivity contribution is 0.0907. The van der Waals surface area contributed by atoms with Crippen molar-refractivity contribution in [1.82, 2.24) is 14.8 Å². The maximum absolute atomic E-state index is 12.5. The van der Waals surface area contributed by atoms with Crippen LogP contribution in [0.25, 0.3) is 0 Å². The lowest BCUT2D eigenvalue weighted by atomic mass is 9.87. The van der Waals surface area contributed by atoms with Gasteiger partial charge in [-0.2, -0.15) is 0 Å². The van der Waals surface area contributed by atoms with E-state index in [4.69, 9.17) is 4.74 Å². The molecule has 0 fully saturated rings. The Morgan fingerprint density at radius 1 is 1.33 bits per heavy atom. The molecule has 1 aromatic heterocycles. The van der Waals surface area contributed by atoms with E-state index in [0.717, 1.165) is 24.0 Å². The molecule has 1 aliphatic carbocycles. The smallest absolute Gasteiger partial charge is 0.186 e. The third kappa shape index (κ3) is 1.68. The van der Waals surface area contributed by atoms with Gasteiger partial charge in [-0.1, -0.05) is 6.07 Å². The van der Waals surface area contributed by atoms with E-state index in [-0.39, 0.29) is 11.8 Å². The maximum atomic E-state index is 12.5. The summed E-state index contributed by atoms with van der Waals surface area (Å²) in [5, 5.41) is 7.52. The third-order valence-electron chi connectivity index (χ3n) is 3.37. The molecule has 0 N–H and O–H groups in total. The molecule has 1 atom stereocenters. The second-order valence-electron chi connectivity index (χ2n) is 4.35. The van der Waals surface area contributed by atoms with Crippen LogP contribution in [0.15, 0.2) is 30.9 Å². The SMILES string of the molecule is COc1ccc2c(c1)C(=O)C(n1cnnc1)CC2. The summed E-state index contributed by atoms with van der Waals surface area (Å²) in [7, 11) is 1.60. The molecule has 0 aliphatic heterocycles. The van der Waals surface area contributed by atoms with Crippen molar-refractivity contribution in [3.63, 3.8) is 0 Å². The summed E-state index contributed by atoms with van der Waals surface area (Å²) < 4.78 is 6.94. The molecule has 5 nitrogen and oxygen atoms in total. The minimum atomic E-state index is -0.195. The summed E-state index contributed by atoms with van der Waals surface area (Å²) in [4.78, 5) is 12.5. The molecule has 1 heterocycles. The van der Waals surface area contributed by atoms with Gasteiger partial charge in [0.05, 0.1) is 13.2 Å². The molecule has 0 radical (unpaired) electrons. The molecule has 18 heavy (non-hydrogen) atoms. The van der Waals surface area contributed by atoms with Crippen LogP contribution in [0, 0.1) is 0 Å². The van der Waals surface area contributed by atoms with E-state index in [1.807, 2.05) is 18.2 Å². The largest absolute Gasteiger partial charge is 0.497 e. The second-order valence-corrected chi connectivity index (χ2v) is 4.35. The van der Waals surface area contributed by atoms with Gasteiger partial charge in [0.1, 0.15) is 18.4 Å². The first-order valence-corrected chi connectivity index (χ1v) is 5.85. The van der Waals surface area contributed by atoms with Gasteiger partial charge in [0, 0.05) is 5.56 Å². The number of benzene rings is 1. The van der Waals surface area contributed by atoms with Crippen molar-refractivity contribution in [3.05, 3.63) is 42.0 Å². The molecule has 0 bridgehead atoms. The van der Waals surface area contributed by atoms with Crippen LogP contribution >= 0.6 is 0 Å². The van der Waals surface area contributed by atoms with Gasteiger partial charge in [-0.05, 0) is 30.5 Å². The minimum Gasteiger partial charge on any atom is -0.497 e. The van der Waals surface area contributed by atoms with Gasteiger partial charge in [0.2, 0.25) is 0 Å². The Kier molecular flexibility index (Phi) is 2.59. The fourth-order valence-corrected chi connectivity index (χ4v) is 2.39. The summed E-state index contributed by atoms with van der Waals surface area (Å²) in [5.74, 6) is 0.821. The number of carbonyl (C=O) groups excluding carboxylic acids is 1. The summed E-state index contributed by atoms with van der Waals surface area (Å²) in [6.07, 6.45) is 4.85. The molecular weight excluding hydrogens is 230 g/mol. The van der Waals surface area contributed by atoms with Crippen LogP contribution in [0.2, 0.25) is 0 Å². The molecule has 1 unspecified atom stereocenters. The topological polar surface area (TPSA) is 57.0 Å². The van der Waals surface area contributed by atoms with Crippen LogP contribution < -0.4 is 4.74 Å². The zero-order valence-electron chi connectivity index (χ0n) is 10.0. The molecule has 2 aromatic rings. The molecular formula is C13H13N3O2. The van der Waals surface area contributed by atoms with Gasteiger partial charge in [0.15, 0.2) is 5.78 Å². The first kappa shape index (κ1) is 11.0. The number of fused-ring (bicyclic) bond motifs is 1. The lowest BCUT2D eigenvalue weighted by Crippen LogP contribution is -2.25. The highest BCUT2D eigenvalue weighted by Crippen LogP contribution is 2.30. The van der Waals surface area contributed by atoms with Crippen LogP contribution in [0.3, 0.4) is 0 Å². The van der Waals surface area contributed by atoms with Crippen LogP contribution in [0.4, 0.5) is 0 Å². The van der Waals surface area contributed by atoms with E-state index in [0.29, 0.717) is 5.75 Å². The van der Waals surface area contributed by atoms with Crippen LogP contribution in [-0.4, -0.2) is 27.7 Å². The number of hydrogen-bond acceptors (Lipinski definition) is 4. The standard InChI is InChI=1S/C13H13N3O2/c1-18-10-4-2-9-3-5-12(13(17)11(9)6-10)16-7-14-15-8-16/h2,4,6-8,12H,3,5H2,1H3. The minimum absolute atomic E-state index is 0.106. The number of ketones is 1. The number of nitrogens with zero attached hydrogens (tertiary/aromatic N) is 3. The van der Waals surface area contributed by atoms with E-state index in [9.17, 15) is 4.79 Å². The summed E-state index contributed by atoms with van der Waals surface area (Å²) in [5.41, 5.74) is 1.84. The van der Waals surface area contributed by atoms with Crippen molar-refractivity contribution >= 4 is 5.78 Å². The lowest BCUT2D eigenvalue weighted by Gasteiger charge is -2.24. The fourth-order valence-electron chi connectivity index (χ4n) is 2.39. The number of Topliss-reactive ketones (excluding diaryl/α,β-unsaturated/α-hetero) is 1. The first-order valence-electron chi connectivity index (χ1n) is 5.85. The summed E-state index contributed by atoms with van der Waals surface area (Å²) in [6, 6.07) is 5.48. The Bertz CT molecular complexity index is 578. The molecule has 5 heteroatoms. The number of carbonyl (C=O) groups is 1. The number of rotatable bonds is 2. The van der Waals surface area contributed by atoms with E-state index >= 15 is 0 Å². The zero-order valence-corrected chi connectivity index (χ0v) is 10.0. The number of methoxy groups -OCH3 is 1. The highest BCUT2D eigenvalue weighted by Gasteiger charge is 2.28. The van der Waals surface area contributed by atoms with Crippen molar-refractivity contribution in [2.75, 3.05) is 7.11 Å². The summed E-state index contributed by atoms with van der Waals surface area (Å²) in [6.45, 7) is 0. The van der Waals surface area contributed by atoms with Crippen molar-refractivity contribution in [2.24, 2.45) is 0 Å². The number of aromatic nitrogens is 3. The Morgan fingerprint density at radius 3 is 2.83 bits per heavy atom. The molecule has 1 aromatic carbocycles. The van der Waals surface area contributed by atoms with Gasteiger partial charge in [-0.3, -0.25) is 4.79 Å². The molecule has 92 valence electrons. The quantitative estimate of drug-likeness (QED) is 0.804. The normalized spacial score (nSPS) is 18.5. The van der Waals surface area contributed by atoms with E-state index < -0.39 is 0 Å². The Balaban J connectivity index is 2.00. The fraction of sp³-hybridized carbons (Fsp3) is 0.308. The van der Waals surface area contributed by atoms with Crippen LogP contribution in [0.1, 0.15) is 28.4 Å². The molecule has 3 rings (SSSR count). The molecule has 1 aliphatic rings. The maximum Gasteiger partial charge on any atom is 0.186 e. The second kappa shape index (κ2) is 4.25. The number of ether oxygens (including phenoxy) is 1. The Morgan fingerprint density at radius 2 is 2.11 bits per heavy atom. The van der Waals surface area contributed by atoms with Gasteiger partial charge >= 0.3 is 0 Å². The summed E-state index contributed by atoms with van der Waals surface area (Å²) >= 11 is 0. The Labute approximate surface area is 104 Å². The predicted octanol–water partition coefficient (Wildman–Crippen LogP) is 1.66. The monoisotopic (exact) mass is 243 g/mol. The van der Waals surface area contributed by atoms with E-state index in [2.05, 4.69) is 10.2 Å². The van der Waals surface area contributed by atoms with Crippen LogP contribution in [0.5, 0.6) is 5.75 Å². The van der Waals surface area contributed by atoms with Gasteiger partial charge in [-0.15, -0.1) is 10.2 Å². The van der Waals surface area contributed by atoms with Crippen molar-refractivity contribution in [2.45, 2.75) is 18.9 Å². The Hall–Kier alpha value is -2.17. The highest BCUT2D eigenvalue weighted by molar-refractivity contribution is 6.01. The molecule has 0 spiro atoms. The van der Waals surface area contributed by atoms with Crippen LogP contribution in [-0.2, 0) is 6.42 Å². The number of hydrogen-bond donors (Lipinski definition) is 0. The molecule has 0 saturated heterocycles. The number of aryl methyl sites for hydroxylation is 1. The van der Waals surface area contributed by atoms with Crippen molar-refractivity contribution < 1.29 is 9.53 Å². The van der Waals surface area contributed by atoms with E-state index in [1.165, 1.54) is 0 Å². The van der Waals surface area contributed by atoms with Gasteiger partial charge in [0.25, 0.3) is 0 Å². The van der Waals surface area contributed by atoms with E-state index in [1.54, 1.807) is 24.3 Å². The van der Waals surface area contributed by atoms with Crippen molar-refractivity contribution in [1.29, 1.82) is 0 Å². The average molecular weight is 243 g/mol. The van der Waals surface area contributed by atoms with Gasteiger partial charge in [-0.25, -0.2) is 0 Å². The average Bonchev–Trinajstić information content (AvgIpc) is 2.93. The molecule has 0 amide bonds. The third-order valence-corrected chi connectivity index (χ3v) is 3.37.